The van der Waals surface area contributed by atoms with Gasteiger partial charge in [0.25, 0.3) is 11.8 Å². The van der Waals surface area contributed by atoms with E-state index in [1.807, 2.05) is 71.0 Å². The van der Waals surface area contributed by atoms with Gasteiger partial charge in [-0.1, -0.05) is 32.0 Å². The van der Waals surface area contributed by atoms with Crippen LogP contribution < -0.4 is 20.2 Å². The lowest BCUT2D eigenvalue weighted by molar-refractivity contribution is -0.130. The number of hydrazone groups is 1. The highest BCUT2D eigenvalue weighted by molar-refractivity contribution is 5.89. The van der Waals surface area contributed by atoms with Crippen LogP contribution in [0.5, 0.6) is 11.5 Å². The number of rotatable bonds is 10. The maximum absolute atomic E-state index is 12.7. The third kappa shape index (κ3) is 7.41. The van der Waals surface area contributed by atoms with E-state index in [2.05, 4.69) is 15.8 Å². The van der Waals surface area contributed by atoms with E-state index in [0.29, 0.717) is 12.2 Å². The number of carbonyl (C=O) groups excluding carboxylic acids is 2. The summed E-state index contributed by atoms with van der Waals surface area (Å²) in [6, 6.07) is 10.7. The molecule has 0 unspecified atom stereocenters. The fourth-order valence-electron chi connectivity index (χ4n) is 3.27. The van der Waals surface area contributed by atoms with Gasteiger partial charge in [-0.05, 0) is 73.6 Å². The quantitative estimate of drug-likeness (QED) is 0.437. The molecular formula is C25H33N3O4. The van der Waals surface area contributed by atoms with E-state index in [1.54, 1.807) is 13.3 Å². The predicted molar refractivity (Wildman–Crippen MR) is 126 cm³/mol. The van der Waals surface area contributed by atoms with Crippen LogP contribution in [0.3, 0.4) is 0 Å². The van der Waals surface area contributed by atoms with Crippen LogP contribution >= 0.6 is 0 Å². The van der Waals surface area contributed by atoms with Gasteiger partial charge < -0.3 is 14.8 Å². The summed E-state index contributed by atoms with van der Waals surface area (Å²) >= 11 is 0. The highest BCUT2D eigenvalue weighted by Gasteiger charge is 2.22. The second-order valence-corrected chi connectivity index (χ2v) is 8.22. The third-order valence-electron chi connectivity index (χ3n) is 4.97. The number of nitrogens with zero attached hydrogens (tertiary/aromatic N) is 1. The lowest BCUT2D eigenvalue weighted by atomic mass is 10.0. The molecule has 0 fully saturated rings. The smallest absolute Gasteiger partial charge is 0.262 e. The van der Waals surface area contributed by atoms with Gasteiger partial charge in [-0.2, -0.15) is 5.10 Å². The van der Waals surface area contributed by atoms with Gasteiger partial charge >= 0.3 is 0 Å². The maximum Gasteiger partial charge on any atom is 0.262 e. The molecular weight excluding hydrogens is 406 g/mol. The Hall–Kier alpha value is -3.35. The van der Waals surface area contributed by atoms with E-state index >= 15 is 0 Å². The molecule has 0 aliphatic rings. The zero-order chi connectivity index (χ0) is 23.7. The van der Waals surface area contributed by atoms with E-state index in [0.717, 1.165) is 28.0 Å². The Balaban J connectivity index is 1.97. The summed E-state index contributed by atoms with van der Waals surface area (Å²) in [7, 11) is 1.61. The monoisotopic (exact) mass is 439 g/mol. The molecule has 0 aliphatic heterocycles. The average Bonchev–Trinajstić information content (AvgIpc) is 2.73. The Labute approximate surface area is 190 Å². The van der Waals surface area contributed by atoms with Crippen LogP contribution in [0.2, 0.25) is 0 Å². The minimum absolute atomic E-state index is 0.165. The van der Waals surface area contributed by atoms with Gasteiger partial charge in [-0.15, -0.1) is 0 Å². The summed E-state index contributed by atoms with van der Waals surface area (Å²) < 4.78 is 10.9. The summed E-state index contributed by atoms with van der Waals surface area (Å²) in [4.78, 5) is 25.1. The Morgan fingerprint density at radius 2 is 1.75 bits per heavy atom. The van der Waals surface area contributed by atoms with Crippen molar-refractivity contribution in [2.75, 3.05) is 13.7 Å². The van der Waals surface area contributed by atoms with Gasteiger partial charge in [0.2, 0.25) is 0 Å². The summed E-state index contributed by atoms with van der Waals surface area (Å²) in [6.45, 7) is 9.61. The Morgan fingerprint density at radius 3 is 2.34 bits per heavy atom. The first-order valence-electron chi connectivity index (χ1n) is 10.7. The number of aryl methyl sites for hydroxylation is 3. The van der Waals surface area contributed by atoms with Crippen molar-refractivity contribution in [2.45, 2.75) is 47.1 Å². The maximum atomic E-state index is 12.7. The first-order valence-corrected chi connectivity index (χ1v) is 10.7. The standard InChI is InChI=1S/C25H33N3O4/c1-16(2)12-22(27-23(29)15-32-24-17(3)8-7-9-18(24)4)25(30)28-26-14-20-10-11-21(31-6)13-19(20)5/h7-11,13-14,16,22H,12,15H2,1-6H3,(H,27,29)(H,28,30)/b26-14-/t22-/m0/s1. The van der Waals surface area contributed by atoms with Crippen molar-refractivity contribution in [2.24, 2.45) is 11.0 Å². The number of amides is 2. The Morgan fingerprint density at radius 1 is 1.06 bits per heavy atom. The van der Waals surface area contributed by atoms with Gasteiger partial charge in [-0.3, -0.25) is 9.59 Å². The minimum atomic E-state index is -0.710. The molecule has 2 rings (SSSR count). The number of hydrogen-bond donors (Lipinski definition) is 2. The molecule has 172 valence electrons. The topological polar surface area (TPSA) is 89.0 Å². The largest absolute Gasteiger partial charge is 0.497 e. The molecule has 0 saturated heterocycles. The van der Waals surface area contributed by atoms with E-state index in [4.69, 9.17) is 9.47 Å². The van der Waals surface area contributed by atoms with Crippen molar-refractivity contribution in [1.29, 1.82) is 0 Å². The van der Waals surface area contributed by atoms with Crippen molar-refractivity contribution >= 4 is 18.0 Å². The van der Waals surface area contributed by atoms with E-state index in [1.165, 1.54) is 0 Å². The highest BCUT2D eigenvalue weighted by Crippen LogP contribution is 2.22. The van der Waals surface area contributed by atoms with E-state index < -0.39 is 6.04 Å². The first-order chi connectivity index (χ1) is 15.2. The molecule has 0 saturated carbocycles. The molecule has 7 nitrogen and oxygen atoms in total. The van der Waals surface area contributed by atoms with Crippen molar-refractivity contribution in [3.63, 3.8) is 0 Å². The fourth-order valence-corrected chi connectivity index (χ4v) is 3.27. The second-order valence-electron chi connectivity index (χ2n) is 8.22. The number of ether oxygens (including phenoxy) is 2. The van der Waals surface area contributed by atoms with Crippen LogP contribution in [0.1, 0.15) is 42.5 Å². The van der Waals surface area contributed by atoms with Crippen LogP contribution in [0.25, 0.3) is 0 Å². The summed E-state index contributed by atoms with van der Waals surface area (Å²) in [5.74, 6) is 0.918. The van der Waals surface area contributed by atoms with Crippen LogP contribution in [0, 0.1) is 26.7 Å². The number of benzene rings is 2. The lowest BCUT2D eigenvalue weighted by Crippen LogP contribution is -2.47. The van der Waals surface area contributed by atoms with E-state index in [-0.39, 0.29) is 24.3 Å². The third-order valence-corrected chi connectivity index (χ3v) is 4.97. The number of nitrogens with one attached hydrogen (secondary N) is 2. The molecule has 1 atom stereocenters. The van der Waals surface area contributed by atoms with Gasteiger partial charge in [0.05, 0.1) is 13.3 Å². The molecule has 2 amide bonds. The molecule has 2 aromatic rings. The van der Waals surface area contributed by atoms with Crippen molar-refractivity contribution in [3.8, 4) is 11.5 Å². The molecule has 0 radical (unpaired) electrons. The molecule has 0 bridgehead atoms. The molecule has 2 aromatic carbocycles. The molecule has 0 aromatic heterocycles. The minimum Gasteiger partial charge on any atom is -0.497 e. The van der Waals surface area contributed by atoms with Crippen LogP contribution in [-0.2, 0) is 9.59 Å². The summed E-state index contributed by atoms with van der Waals surface area (Å²) in [5.41, 5.74) is 6.27. The van der Waals surface area contributed by atoms with Gasteiger partial charge in [0.1, 0.15) is 17.5 Å². The number of para-hydroxylation sites is 1. The number of methoxy groups -OCH3 is 1. The SMILES string of the molecule is COc1ccc(/C=N\NC(=O)[C@H](CC(C)C)NC(=O)COc2c(C)cccc2C)c(C)c1. The molecule has 0 aliphatic carbocycles. The Kier molecular flexibility index (Phi) is 9.25. The molecule has 0 heterocycles. The lowest BCUT2D eigenvalue weighted by Gasteiger charge is -2.19. The summed E-state index contributed by atoms with van der Waals surface area (Å²) in [6.07, 6.45) is 2.06. The highest BCUT2D eigenvalue weighted by atomic mass is 16.5. The molecule has 0 spiro atoms. The normalized spacial score (nSPS) is 12.0. The van der Waals surface area contributed by atoms with Gasteiger partial charge in [0, 0.05) is 0 Å². The predicted octanol–water partition coefficient (Wildman–Crippen LogP) is 3.68. The second kappa shape index (κ2) is 11.9. The van der Waals surface area contributed by atoms with E-state index in [9.17, 15) is 9.59 Å². The van der Waals surface area contributed by atoms with Crippen molar-refractivity contribution in [1.82, 2.24) is 10.7 Å². The molecule has 7 heteroatoms. The zero-order valence-corrected chi connectivity index (χ0v) is 19.7. The zero-order valence-electron chi connectivity index (χ0n) is 19.7. The van der Waals surface area contributed by atoms with Crippen LogP contribution in [0.4, 0.5) is 0 Å². The van der Waals surface area contributed by atoms with Gasteiger partial charge in [0.15, 0.2) is 6.61 Å². The van der Waals surface area contributed by atoms with Crippen LogP contribution in [-0.4, -0.2) is 37.8 Å². The fraction of sp³-hybridized carbons (Fsp3) is 0.400. The first kappa shape index (κ1) is 24.9. The average molecular weight is 440 g/mol. The number of carbonyl (C=O) groups is 2. The summed E-state index contributed by atoms with van der Waals surface area (Å²) in [5, 5.41) is 6.83. The van der Waals surface area contributed by atoms with Gasteiger partial charge in [-0.25, -0.2) is 5.43 Å². The number of hydrogen-bond acceptors (Lipinski definition) is 5. The van der Waals surface area contributed by atoms with Crippen molar-refractivity contribution in [3.05, 3.63) is 58.7 Å². The molecule has 32 heavy (non-hydrogen) atoms. The van der Waals surface area contributed by atoms with Crippen molar-refractivity contribution < 1.29 is 19.1 Å². The van der Waals surface area contributed by atoms with Crippen LogP contribution in [0.15, 0.2) is 41.5 Å². The Bertz CT molecular complexity index is 949. The molecule has 2 N–H and O–H groups in total.